The minimum absolute atomic E-state index is 0.0972. The second-order valence-corrected chi connectivity index (χ2v) is 6.98. The maximum absolute atomic E-state index is 13.0. The molecule has 0 aliphatic heterocycles. The zero-order valence-corrected chi connectivity index (χ0v) is 15.4. The van der Waals surface area contributed by atoms with Gasteiger partial charge in [0.05, 0.1) is 7.11 Å². The minimum atomic E-state index is -0.445. The number of fused-ring (bicyclic) bond motifs is 1. The van der Waals surface area contributed by atoms with Crippen molar-refractivity contribution in [3.63, 3.8) is 0 Å². The molecule has 6 nitrogen and oxygen atoms in total. The highest BCUT2D eigenvalue weighted by molar-refractivity contribution is 7.20. The van der Waals surface area contributed by atoms with E-state index >= 15 is 0 Å². The number of nitrogens with zero attached hydrogens (tertiary/aromatic N) is 1. The third-order valence-corrected chi connectivity index (χ3v) is 5.13. The van der Waals surface area contributed by atoms with Crippen LogP contribution in [0, 0.1) is 5.82 Å². The van der Waals surface area contributed by atoms with Crippen LogP contribution in [0.3, 0.4) is 0 Å². The van der Waals surface area contributed by atoms with Crippen molar-refractivity contribution in [2.24, 2.45) is 0 Å². The van der Waals surface area contributed by atoms with E-state index in [-0.39, 0.29) is 11.5 Å². The number of ether oxygens (including phenoxy) is 1. The zero-order chi connectivity index (χ0) is 19.7. The van der Waals surface area contributed by atoms with Crippen LogP contribution in [0.2, 0.25) is 0 Å². The van der Waals surface area contributed by atoms with Gasteiger partial charge in [0, 0.05) is 22.0 Å². The van der Waals surface area contributed by atoms with Gasteiger partial charge in [-0.05, 0) is 53.9 Å². The van der Waals surface area contributed by atoms with Crippen molar-refractivity contribution in [3.8, 4) is 11.3 Å². The van der Waals surface area contributed by atoms with Crippen LogP contribution in [0.1, 0.15) is 20.2 Å². The van der Waals surface area contributed by atoms with Crippen molar-refractivity contribution in [1.82, 2.24) is 5.16 Å². The van der Waals surface area contributed by atoms with Crippen LogP contribution in [0.25, 0.3) is 21.4 Å². The normalized spacial score (nSPS) is 10.8. The highest BCUT2D eigenvalue weighted by Gasteiger charge is 2.15. The molecule has 8 heteroatoms. The van der Waals surface area contributed by atoms with Gasteiger partial charge >= 0.3 is 5.97 Å². The van der Waals surface area contributed by atoms with Crippen LogP contribution in [-0.2, 0) is 4.74 Å². The van der Waals surface area contributed by atoms with Gasteiger partial charge < -0.3 is 14.6 Å². The SMILES string of the molecule is COC(=O)c1cc2cc(NC(=O)c3cc(-c4ccc(F)cc4)on3)ccc2s1. The molecule has 0 spiro atoms. The number of rotatable bonds is 4. The summed E-state index contributed by atoms with van der Waals surface area (Å²) in [6, 6.07) is 14.2. The summed E-state index contributed by atoms with van der Waals surface area (Å²) in [7, 11) is 1.33. The predicted molar refractivity (Wildman–Crippen MR) is 103 cm³/mol. The van der Waals surface area contributed by atoms with E-state index in [1.165, 1.54) is 36.6 Å². The third-order valence-electron chi connectivity index (χ3n) is 4.03. The Labute approximate surface area is 162 Å². The van der Waals surface area contributed by atoms with Crippen LogP contribution in [-0.4, -0.2) is 24.1 Å². The van der Waals surface area contributed by atoms with Gasteiger partial charge in [-0.25, -0.2) is 9.18 Å². The maximum Gasteiger partial charge on any atom is 0.348 e. The molecule has 2 heterocycles. The molecule has 0 bridgehead atoms. The number of hydrogen-bond acceptors (Lipinski definition) is 6. The molecule has 0 unspecified atom stereocenters. The van der Waals surface area contributed by atoms with Gasteiger partial charge in [0.25, 0.3) is 5.91 Å². The number of methoxy groups -OCH3 is 1. The first-order valence-corrected chi connectivity index (χ1v) is 9.01. The van der Waals surface area contributed by atoms with Crippen LogP contribution < -0.4 is 5.32 Å². The average Bonchev–Trinajstić information content (AvgIpc) is 3.35. The number of anilines is 1. The van der Waals surface area contributed by atoms with Gasteiger partial charge in [-0.15, -0.1) is 11.3 Å². The summed E-state index contributed by atoms with van der Waals surface area (Å²) in [4.78, 5) is 24.6. The van der Waals surface area contributed by atoms with E-state index in [1.807, 2.05) is 6.07 Å². The highest BCUT2D eigenvalue weighted by Crippen LogP contribution is 2.29. The highest BCUT2D eigenvalue weighted by atomic mass is 32.1. The van der Waals surface area contributed by atoms with E-state index in [2.05, 4.69) is 10.5 Å². The molecule has 0 aliphatic carbocycles. The van der Waals surface area contributed by atoms with E-state index in [1.54, 1.807) is 30.3 Å². The zero-order valence-electron chi connectivity index (χ0n) is 14.6. The molecule has 0 aliphatic rings. The lowest BCUT2D eigenvalue weighted by Gasteiger charge is -2.02. The molecule has 0 radical (unpaired) electrons. The summed E-state index contributed by atoms with van der Waals surface area (Å²) in [6.45, 7) is 0. The second kappa shape index (κ2) is 7.24. The minimum Gasteiger partial charge on any atom is -0.465 e. The Morgan fingerprint density at radius 1 is 1.11 bits per heavy atom. The first kappa shape index (κ1) is 17.9. The molecule has 0 atom stereocenters. The monoisotopic (exact) mass is 396 g/mol. The van der Waals surface area contributed by atoms with Gasteiger partial charge in [0.2, 0.25) is 0 Å². The molecule has 2 aromatic heterocycles. The molecule has 0 fully saturated rings. The fourth-order valence-electron chi connectivity index (χ4n) is 2.65. The number of aromatic nitrogens is 1. The largest absolute Gasteiger partial charge is 0.465 e. The first-order chi connectivity index (χ1) is 13.5. The van der Waals surface area contributed by atoms with Gasteiger partial charge in [-0.2, -0.15) is 0 Å². The third kappa shape index (κ3) is 3.49. The summed E-state index contributed by atoms with van der Waals surface area (Å²) >= 11 is 1.31. The second-order valence-electron chi connectivity index (χ2n) is 5.89. The van der Waals surface area contributed by atoms with Crippen molar-refractivity contribution in [2.45, 2.75) is 0 Å². The number of benzene rings is 2. The fraction of sp³-hybridized carbons (Fsp3) is 0.0500. The van der Waals surface area contributed by atoms with E-state index in [0.717, 1.165) is 10.1 Å². The summed E-state index contributed by atoms with van der Waals surface area (Å²) in [5.74, 6) is -0.843. The number of halogens is 1. The number of carbonyl (C=O) groups is 2. The lowest BCUT2D eigenvalue weighted by molar-refractivity contribution is 0.0606. The number of thiophene rings is 1. The van der Waals surface area contributed by atoms with Crippen LogP contribution >= 0.6 is 11.3 Å². The molecule has 4 aromatic rings. The van der Waals surface area contributed by atoms with E-state index in [0.29, 0.717) is 21.9 Å². The van der Waals surface area contributed by atoms with Crippen LogP contribution in [0.4, 0.5) is 10.1 Å². The topological polar surface area (TPSA) is 81.4 Å². The number of hydrogen-bond donors (Lipinski definition) is 1. The maximum atomic E-state index is 13.0. The number of carbonyl (C=O) groups excluding carboxylic acids is 2. The molecule has 4 rings (SSSR count). The summed E-state index contributed by atoms with van der Waals surface area (Å²) in [5, 5.41) is 7.33. The molecule has 1 N–H and O–H groups in total. The molecule has 140 valence electrons. The smallest absolute Gasteiger partial charge is 0.348 e. The molecule has 1 amide bonds. The Hall–Kier alpha value is -3.52. The van der Waals surface area contributed by atoms with Crippen molar-refractivity contribution < 1.29 is 23.2 Å². The van der Waals surface area contributed by atoms with Crippen LogP contribution in [0.5, 0.6) is 0 Å². The Morgan fingerprint density at radius 2 is 1.89 bits per heavy atom. The van der Waals surface area contributed by atoms with Crippen molar-refractivity contribution in [3.05, 3.63) is 71.0 Å². The molecule has 2 aromatic carbocycles. The van der Waals surface area contributed by atoms with Gasteiger partial charge in [-0.3, -0.25) is 4.79 Å². The van der Waals surface area contributed by atoms with E-state index < -0.39 is 11.9 Å². The lowest BCUT2D eigenvalue weighted by atomic mass is 10.1. The lowest BCUT2D eigenvalue weighted by Crippen LogP contribution is -2.11. The number of nitrogens with one attached hydrogen (secondary N) is 1. The Balaban J connectivity index is 1.53. The standard InChI is InChI=1S/C20H13FN2O4S/c1-26-20(25)18-9-12-8-14(6-7-17(12)28-18)22-19(24)15-10-16(27-23-15)11-2-4-13(21)5-3-11/h2-10H,1H3,(H,22,24). The average molecular weight is 396 g/mol. The molecular formula is C20H13FN2O4S. The number of amides is 1. The van der Waals surface area contributed by atoms with Gasteiger partial charge in [0.1, 0.15) is 10.7 Å². The quantitative estimate of drug-likeness (QED) is 0.504. The summed E-state index contributed by atoms with van der Waals surface area (Å²) < 4.78 is 23.8. The number of esters is 1. The summed E-state index contributed by atoms with van der Waals surface area (Å²) in [6.07, 6.45) is 0. The molecular weight excluding hydrogens is 383 g/mol. The van der Waals surface area contributed by atoms with E-state index in [9.17, 15) is 14.0 Å². The van der Waals surface area contributed by atoms with Gasteiger partial charge in [0.15, 0.2) is 11.5 Å². The Bertz CT molecular complexity index is 1180. The summed E-state index contributed by atoms with van der Waals surface area (Å²) in [5.41, 5.74) is 1.26. The van der Waals surface area contributed by atoms with E-state index in [4.69, 9.17) is 9.26 Å². The van der Waals surface area contributed by atoms with Gasteiger partial charge in [-0.1, -0.05) is 5.16 Å². The molecule has 0 saturated carbocycles. The Morgan fingerprint density at radius 3 is 2.64 bits per heavy atom. The van der Waals surface area contributed by atoms with Crippen molar-refractivity contribution in [1.29, 1.82) is 0 Å². The first-order valence-electron chi connectivity index (χ1n) is 8.19. The fourth-order valence-corrected chi connectivity index (χ4v) is 3.61. The molecule has 0 saturated heterocycles. The predicted octanol–water partition coefficient (Wildman–Crippen LogP) is 4.73. The Kier molecular flexibility index (Phi) is 4.62. The van der Waals surface area contributed by atoms with Crippen molar-refractivity contribution in [2.75, 3.05) is 12.4 Å². The van der Waals surface area contributed by atoms with Crippen molar-refractivity contribution >= 4 is 39.0 Å². The molecule has 28 heavy (non-hydrogen) atoms. The van der Waals surface area contributed by atoms with Crippen LogP contribution in [0.15, 0.2) is 59.1 Å².